The molecule has 34 heavy (non-hydrogen) atoms. The lowest BCUT2D eigenvalue weighted by atomic mass is 9.74. The van der Waals surface area contributed by atoms with Crippen molar-refractivity contribution in [2.24, 2.45) is 0 Å². The first kappa shape index (κ1) is 21.4. The Balaban J connectivity index is 1.19. The summed E-state index contributed by atoms with van der Waals surface area (Å²) in [5, 5.41) is 2.37. The molecule has 0 radical (unpaired) electrons. The average Bonchev–Trinajstić information content (AvgIpc) is 3.35. The van der Waals surface area contributed by atoms with Crippen LogP contribution in [0.4, 0.5) is 0 Å². The van der Waals surface area contributed by atoms with Crippen LogP contribution in [0.5, 0.6) is 5.75 Å². The van der Waals surface area contributed by atoms with E-state index in [4.69, 9.17) is 4.74 Å². The number of imide groups is 1. The minimum atomic E-state index is -0.603. The highest BCUT2D eigenvalue weighted by Gasteiger charge is 2.47. The molecule has 6 rings (SSSR count). The Morgan fingerprint density at radius 2 is 1.82 bits per heavy atom. The standard InChI is InChI=1S/C27H29N3O4/c1-17-2-4-18(5-3-17)14-29-12-10-27(11-13-29)16-34-24-20-15-30(22-8-9-23(31)28-25(22)32)26(33)19(20)6-7-21(24)27/h2-7,22H,8-16H2,1H3,(H,28,31,32). The van der Waals surface area contributed by atoms with E-state index in [0.717, 1.165) is 43.8 Å². The number of nitrogens with zero attached hydrogens (tertiary/aromatic N) is 2. The van der Waals surface area contributed by atoms with E-state index < -0.39 is 6.04 Å². The second-order valence-electron chi connectivity index (χ2n) is 10.2. The highest BCUT2D eigenvalue weighted by atomic mass is 16.5. The summed E-state index contributed by atoms with van der Waals surface area (Å²) in [4.78, 5) is 41.2. The van der Waals surface area contributed by atoms with Crippen LogP contribution in [0.25, 0.3) is 0 Å². The van der Waals surface area contributed by atoms with Crippen molar-refractivity contribution in [1.29, 1.82) is 0 Å². The lowest BCUT2D eigenvalue weighted by molar-refractivity contribution is -0.136. The summed E-state index contributed by atoms with van der Waals surface area (Å²) < 4.78 is 6.28. The number of piperidine rings is 2. The van der Waals surface area contributed by atoms with E-state index in [1.54, 1.807) is 4.90 Å². The molecule has 2 saturated heterocycles. The zero-order valence-electron chi connectivity index (χ0n) is 19.4. The van der Waals surface area contributed by atoms with Gasteiger partial charge in [-0.25, -0.2) is 0 Å². The van der Waals surface area contributed by atoms with Gasteiger partial charge in [-0.05, 0) is 50.9 Å². The van der Waals surface area contributed by atoms with Gasteiger partial charge in [0.25, 0.3) is 5.91 Å². The third-order valence-corrected chi connectivity index (χ3v) is 8.07. The summed E-state index contributed by atoms with van der Waals surface area (Å²) >= 11 is 0. The summed E-state index contributed by atoms with van der Waals surface area (Å²) in [6, 6.07) is 12.1. The molecule has 176 valence electrons. The van der Waals surface area contributed by atoms with Gasteiger partial charge in [0.2, 0.25) is 11.8 Å². The van der Waals surface area contributed by atoms with E-state index in [2.05, 4.69) is 47.5 Å². The predicted octanol–water partition coefficient (Wildman–Crippen LogP) is 2.68. The number of fused-ring (bicyclic) bond motifs is 4. The zero-order valence-corrected chi connectivity index (χ0v) is 19.4. The molecule has 0 saturated carbocycles. The minimum Gasteiger partial charge on any atom is -0.492 e. The predicted molar refractivity (Wildman–Crippen MR) is 125 cm³/mol. The number of likely N-dealkylation sites (tertiary alicyclic amines) is 1. The van der Waals surface area contributed by atoms with Gasteiger partial charge in [0, 0.05) is 35.1 Å². The minimum absolute atomic E-state index is 0.0146. The molecule has 0 bridgehead atoms. The van der Waals surface area contributed by atoms with Gasteiger partial charge in [0.05, 0.1) is 13.2 Å². The second-order valence-corrected chi connectivity index (χ2v) is 10.2. The molecule has 7 heteroatoms. The molecular formula is C27H29N3O4. The summed E-state index contributed by atoms with van der Waals surface area (Å²) in [5.41, 5.74) is 5.33. The van der Waals surface area contributed by atoms with E-state index in [9.17, 15) is 14.4 Å². The van der Waals surface area contributed by atoms with Crippen molar-refractivity contribution in [3.05, 3.63) is 64.2 Å². The molecule has 1 unspecified atom stereocenters. The number of nitrogens with one attached hydrogen (secondary N) is 1. The molecule has 1 N–H and O–H groups in total. The number of rotatable bonds is 3. The van der Waals surface area contributed by atoms with Crippen LogP contribution in [0.3, 0.4) is 0 Å². The number of carbonyl (C=O) groups excluding carboxylic acids is 3. The molecule has 2 aromatic carbocycles. The van der Waals surface area contributed by atoms with Gasteiger partial charge in [-0.1, -0.05) is 35.9 Å². The molecular weight excluding hydrogens is 430 g/mol. The van der Waals surface area contributed by atoms with Gasteiger partial charge in [0.1, 0.15) is 11.8 Å². The van der Waals surface area contributed by atoms with Gasteiger partial charge in [0.15, 0.2) is 0 Å². The van der Waals surface area contributed by atoms with Gasteiger partial charge in [-0.15, -0.1) is 0 Å². The first-order valence-corrected chi connectivity index (χ1v) is 12.2. The second kappa shape index (κ2) is 7.94. The zero-order chi connectivity index (χ0) is 23.4. The largest absolute Gasteiger partial charge is 0.492 e. The van der Waals surface area contributed by atoms with Crippen LogP contribution in [0.1, 0.15) is 58.3 Å². The summed E-state index contributed by atoms with van der Waals surface area (Å²) in [7, 11) is 0. The molecule has 1 spiro atoms. The number of hydrogen-bond acceptors (Lipinski definition) is 5. The first-order valence-electron chi connectivity index (χ1n) is 12.2. The Labute approximate surface area is 199 Å². The van der Waals surface area contributed by atoms with Crippen LogP contribution in [0, 0.1) is 6.92 Å². The summed E-state index contributed by atoms with van der Waals surface area (Å²) in [6.45, 7) is 6.09. The number of aryl methyl sites for hydroxylation is 1. The molecule has 4 aliphatic heterocycles. The normalized spacial score (nSPS) is 23.6. The maximum atomic E-state index is 13.1. The molecule has 3 amide bonds. The van der Waals surface area contributed by atoms with E-state index in [0.29, 0.717) is 25.1 Å². The highest BCUT2D eigenvalue weighted by molar-refractivity contribution is 6.05. The summed E-state index contributed by atoms with van der Waals surface area (Å²) in [5.74, 6) is 0.0371. The maximum absolute atomic E-state index is 13.1. The molecule has 2 aromatic rings. The van der Waals surface area contributed by atoms with Crippen molar-refractivity contribution in [2.75, 3.05) is 19.7 Å². The fourth-order valence-electron chi connectivity index (χ4n) is 5.99. The molecule has 0 aliphatic carbocycles. The van der Waals surface area contributed by atoms with Crippen molar-refractivity contribution >= 4 is 17.7 Å². The molecule has 2 fully saturated rings. The quantitative estimate of drug-likeness (QED) is 0.714. The molecule has 4 heterocycles. The average molecular weight is 460 g/mol. The number of benzene rings is 2. The summed E-state index contributed by atoms with van der Waals surface area (Å²) in [6.07, 6.45) is 2.67. The van der Waals surface area contributed by atoms with Crippen molar-refractivity contribution in [2.45, 2.75) is 57.2 Å². The fourth-order valence-corrected chi connectivity index (χ4v) is 5.99. The van der Waals surface area contributed by atoms with Crippen molar-refractivity contribution in [3.8, 4) is 5.75 Å². The van der Waals surface area contributed by atoms with Crippen LogP contribution in [0.2, 0.25) is 0 Å². The number of ether oxygens (including phenoxy) is 1. The van der Waals surface area contributed by atoms with Gasteiger partial charge in [-0.2, -0.15) is 0 Å². The first-order chi connectivity index (χ1) is 16.4. The molecule has 0 aromatic heterocycles. The fraction of sp³-hybridized carbons (Fsp3) is 0.444. The van der Waals surface area contributed by atoms with Gasteiger partial charge < -0.3 is 9.64 Å². The Morgan fingerprint density at radius 1 is 1.06 bits per heavy atom. The van der Waals surface area contributed by atoms with Crippen LogP contribution in [0.15, 0.2) is 36.4 Å². The van der Waals surface area contributed by atoms with Gasteiger partial charge in [-0.3, -0.25) is 24.6 Å². The van der Waals surface area contributed by atoms with Crippen molar-refractivity contribution in [1.82, 2.24) is 15.1 Å². The van der Waals surface area contributed by atoms with Gasteiger partial charge >= 0.3 is 0 Å². The maximum Gasteiger partial charge on any atom is 0.255 e. The van der Waals surface area contributed by atoms with Crippen LogP contribution in [-0.2, 0) is 28.1 Å². The lowest BCUT2D eigenvalue weighted by Crippen LogP contribution is -2.52. The van der Waals surface area contributed by atoms with E-state index >= 15 is 0 Å². The van der Waals surface area contributed by atoms with E-state index in [1.807, 2.05) is 6.07 Å². The Hall–Kier alpha value is -3.19. The van der Waals surface area contributed by atoms with Crippen LogP contribution >= 0.6 is 0 Å². The third kappa shape index (κ3) is 3.41. The molecule has 1 atom stereocenters. The Bertz CT molecular complexity index is 1180. The number of amides is 3. The Morgan fingerprint density at radius 3 is 2.56 bits per heavy atom. The third-order valence-electron chi connectivity index (χ3n) is 8.07. The molecule has 4 aliphatic rings. The van der Waals surface area contributed by atoms with Crippen LogP contribution < -0.4 is 10.1 Å². The monoisotopic (exact) mass is 459 g/mol. The van der Waals surface area contributed by atoms with E-state index in [-0.39, 0.29) is 29.6 Å². The smallest absolute Gasteiger partial charge is 0.255 e. The Kier molecular flexibility index (Phi) is 4.99. The number of hydrogen-bond donors (Lipinski definition) is 1. The van der Waals surface area contributed by atoms with Crippen molar-refractivity contribution in [3.63, 3.8) is 0 Å². The van der Waals surface area contributed by atoms with E-state index in [1.165, 1.54) is 16.7 Å². The molecule has 7 nitrogen and oxygen atoms in total. The van der Waals surface area contributed by atoms with Crippen molar-refractivity contribution < 1.29 is 19.1 Å². The number of carbonyl (C=O) groups is 3. The lowest BCUT2D eigenvalue weighted by Gasteiger charge is -2.38. The highest BCUT2D eigenvalue weighted by Crippen LogP contribution is 2.49. The van der Waals surface area contributed by atoms with Crippen LogP contribution in [-0.4, -0.2) is 53.3 Å². The topological polar surface area (TPSA) is 79.0 Å². The SMILES string of the molecule is Cc1ccc(CN2CCC3(CC2)COc2c3ccc3c2CN(C2CCC(=O)NC2=O)C3=O)cc1.